The van der Waals surface area contributed by atoms with Gasteiger partial charge in [0.1, 0.15) is 0 Å². The van der Waals surface area contributed by atoms with E-state index in [2.05, 4.69) is 5.32 Å². The van der Waals surface area contributed by atoms with Gasteiger partial charge in [-0.05, 0) is 29.8 Å². The number of hydrogen-bond acceptors (Lipinski definition) is 4. The summed E-state index contributed by atoms with van der Waals surface area (Å²) in [5.41, 5.74) is 1.36. The number of para-hydroxylation sites is 1. The molecule has 0 bridgehead atoms. The van der Waals surface area contributed by atoms with E-state index in [0.717, 1.165) is 4.31 Å². The Kier molecular flexibility index (Phi) is 7.07. The van der Waals surface area contributed by atoms with Crippen LogP contribution in [-0.4, -0.2) is 42.7 Å². The molecule has 0 heterocycles. The minimum absolute atomic E-state index is 0.136. The molecule has 0 aliphatic carbocycles. The van der Waals surface area contributed by atoms with E-state index in [1.54, 1.807) is 24.3 Å². The highest BCUT2D eigenvalue weighted by atomic mass is 32.2. The summed E-state index contributed by atoms with van der Waals surface area (Å²) >= 11 is 0. The minimum Gasteiger partial charge on any atom is -0.326 e. The Morgan fingerprint density at radius 2 is 1.77 bits per heavy atom. The van der Waals surface area contributed by atoms with Gasteiger partial charge in [0, 0.05) is 48.5 Å². The number of anilines is 1. The van der Waals surface area contributed by atoms with Gasteiger partial charge in [-0.25, -0.2) is 12.7 Å². The first-order valence-corrected chi connectivity index (χ1v) is 10.9. The van der Waals surface area contributed by atoms with Crippen LogP contribution in [0.4, 0.5) is 5.69 Å². The number of nitrogens with one attached hydrogen (secondary N) is 1. The number of carbonyl (C=O) groups excluding carboxylic acids is 1. The molecule has 26 heavy (non-hydrogen) atoms. The molecule has 0 fully saturated rings. The van der Waals surface area contributed by atoms with E-state index in [1.807, 2.05) is 18.2 Å². The van der Waals surface area contributed by atoms with Crippen LogP contribution in [0.1, 0.15) is 12.0 Å². The smallest absolute Gasteiger partial charge is 0.242 e. The second-order valence-corrected chi connectivity index (χ2v) is 9.62. The Bertz CT molecular complexity index is 881. The van der Waals surface area contributed by atoms with Gasteiger partial charge in [0.25, 0.3) is 0 Å². The van der Waals surface area contributed by atoms with Crippen LogP contribution < -0.4 is 5.32 Å². The van der Waals surface area contributed by atoms with Crippen LogP contribution >= 0.6 is 0 Å². The van der Waals surface area contributed by atoms with E-state index in [9.17, 15) is 17.4 Å². The highest BCUT2D eigenvalue weighted by Gasteiger charge is 2.17. The molecular formula is C18H22N2O4S2. The zero-order valence-corrected chi connectivity index (χ0v) is 16.3. The van der Waals surface area contributed by atoms with Gasteiger partial charge in [-0.15, -0.1) is 0 Å². The SMILES string of the molecule is CN(C)S(=O)(=O)c1cccc(C[S@@](=O)CCC(=O)Nc2ccccc2)c1. The highest BCUT2D eigenvalue weighted by molar-refractivity contribution is 7.89. The lowest BCUT2D eigenvalue weighted by Crippen LogP contribution is -2.22. The van der Waals surface area contributed by atoms with Crippen molar-refractivity contribution in [3.05, 3.63) is 60.2 Å². The summed E-state index contributed by atoms with van der Waals surface area (Å²) in [6.45, 7) is 0. The Hall–Kier alpha value is -2.03. The van der Waals surface area contributed by atoms with E-state index in [1.165, 1.54) is 26.2 Å². The van der Waals surface area contributed by atoms with Gasteiger partial charge in [0.05, 0.1) is 4.90 Å². The van der Waals surface area contributed by atoms with Crippen molar-refractivity contribution in [3.8, 4) is 0 Å². The first-order valence-electron chi connectivity index (χ1n) is 8.00. The van der Waals surface area contributed by atoms with Crippen LogP contribution in [0.5, 0.6) is 0 Å². The summed E-state index contributed by atoms with van der Waals surface area (Å²) in [5.74, 6) is 0.215. The Balaban J connectivity index is 1.91. The molecule has 0 saturated heterocycles. The number of amides is 1. The lowest BCUT2D eigenvalue weighted by atomic mass is 10.2. The fourth-order valence-electron chi connectivity index (χ4n) is 2.22. The summed E-state index contributed by atoms with van der Waals surface area (Å²) in [7, 11) is -1.86. The first-order chi connectivity index (χ1) is 12.3. The van der Waals surface area contributed by atoms with Crippen molar-refractivity contribution in [2.24, 2.45) is 0 Å². The molecule has 8 heteroatoms. The molecule has 1 N–H and O–H groups in total. The fourth-order valence-corrected chi connectivity index (χ4v) is 4.30. The third-order valence-corrected chi connectivity index (χ3v) is 6.74. The normalized spacial score (nSPS) is 12.7. The predicted molar refractivity (Wildman–Crippen MR) is 104 cm³/mol. The number of nitrogens with zero attached hydrogens (tertiary/aromatic N) is 1. The number of rotatable bonds is 8. The molecule has 0 unspecified atom stereocenters. The molecule has 6 nitrogen and oxygen atoms in total. The van der Waals surface area contributed by atoms with Crippen molar-refractivity contribution in [1.82, 2.24) is 4.31 Å². The van der Waals surface area contributed by atoms with Crippen LogP contribution in [0.2, 0.25) is 0 Å². The standard InChI is InChI=1S/C18H22N2O4S2/c1-20(2)26(23,24)17-10-6-7-15(13-17)14-25(22)12-11-18(21)19-16-8-4-3-5-9-16/h3-10,13H,11-12,14H2,1-2H3,(H,19,21)/t25-/m0/s1. The summed E-state index contributed by atoms with van der Waals surface area (Å²) < 4.78 is 37.7. The van der Waals surface area contributed by atoms with E-state index in [4.69, 9.17) is 0 Å². The van der Waals surface area contributed by atoms with Gasteiger partial charge in [-0.1, -0.05) is 30.3 Å². The zero-order valence-electron chi connectivity index (χ0n) is 14.7. The Labute approximate surface area is 156 Å². The van der Waals surface area contributed by atoms with E-state index < -0.39 is 20.8 Å². The van der Waals surface area contributed by atoms with Crippen LogP contribution in [0.3, 0.4) is 0 Å². The lowest BCUT2D eigenvalue weighted by Gasteiger charge is -2.12. The van der Waals surface area contributed by atoms with E-state index in [0.29, 0.717) is 11.3 Å². The van der Waals surface area contributed by atoms with Crippen LogP contribution in [0.15, 0.2) is 59.5 Å². The maximum atomic E-state index is 12.2. The van der Waals surface area contributed by atoms with E-state index >= 15 is 0 Å². The fraction of sp³-hybridized carbons (Fsp3) is 0.278. The molecule has 0 aromatic heterocycles. The summed E-state index contributed by atoms with van der Waals surface area (Å²) in [5, 5.41) is 2.74. The van der Waals surface area contributed by atoms with Crippen molar-refractivity contribution in [2.75, 3.05) is 25.2 Å². The molecule has 1 atom stereocenters. The third-order valence-electron chi connectivity index (χ3n) is 3.62. The van der Waals surface area contributed by atoms with Crippen LogP contribution in [0, 0.1) is 0 Å². The molecular weight excluding hydrogens is 372 g/mol. The second-order valence-electron chi connectivity index (χ2n) is 5.89. The van der Waals surface area contributed by atoms with Gasteiger partial charge >= 0.3 is 0 Å². The van der Waals surface area contributed by atoms with Crippen molar-refractivity contribution in [3.63, 3.8) is 0 Å². The molecule has 140 valence electrons. The molecule has 0 spiro atoms. The summed E-state index contributed by atoms with van der Waals surface area (Å²) in [6.07, 6.45) is 0.136. The molecule has 0 saturated carbocycles. The quantitative estimate of drug-likeness (QED) is 0.744. The van der Waals surface area contributed by atoms with Crippen LogP contribution in [-0.2, 0) is 31.4 Å². The Morgan fingerprint density at radius 3 is 2.42 bits per heavy atom. The van der Waals surface area contributed by atoms with Crippen molar-refractivity contribution >= 4 is 32.4 Å². The largest absolute Gasteiger partial charge is 0.326 e. The highest BCUT2D eigenvalue weighted by Crippen LogP contribution is 2.16. The zero-order chi connectivity index (χ0) is 19.2. The second kappa shape index (κ2) is 9.07. The first kappa shape index (κ1) is 20.3. The van der Waals surface area contributed by atoms with Gasteiger partial charge in [0.15, 0.2) is 0 Å². The topological polar surface area (TPSA) is 83.6 Å². The number of hydrogen-bond donors (Lipinski definition) is 1. The molecule has 2 aromatic rings. The maximum Gasteiger partial charge on any atom is 0.242 e. The predicted octanol–water partition coefficient (Wildman–Crippen LogP) is 2.21. The summed E-state index contributed by atoms with van der Waals surface area (Å²) in [4.78, 5) is 12.1. The van der Waals surface area contributed by atoms with Crippen molar-refractivity contribution in [2.45, 2.75) is 17.1 Å². The van der Waals surface area contributed by atoms with Crippen LogP contribution in [0.25, 0.3) is 0 Å². The monoisotopic (exact) mass is 394 g/mol. The third kappa shape index (κ3) is 5.76. The van der Waals surface area contributed by atoms with E-state index in [-0.39, 0.29) is 28.7 Å². The average molecular weight is 395 g/mol. The number of sulfonamides is 1. The molecule has 0 aliphatic heterocycles. The number of carbonyl (C=O) groups is 1. The maximum absolute atomic E-state index is 12.2. The van der Waals surface area contributed by atoms with Gasteiger partial charge < -0.3 is 5.32 Å². The van der Waals surface area contributed by atoms with Gasteiger partial charge in [-0.2, -0.15) is 0 Å². The van der Waals surface area contributed by atoms with Gasteiger partial charge in [0.2, 0.25) is 15.9 Å². The molecule has 2 aromatic carbocycles. The molecule has 1 amide bonds. The number of benzene rings is 2. The van der Waals surface area contributed by atoms with Gasteiger partial charge in [-0.3, -0.25) is 9.00 Å². The minimum atomic E-state index is -3.53. The molecule has 2 rings (SSSR count). The lowest BCUT2D eigenvalue weighted by molar-refractivity contribution is -0.115. The van der Waals surface area contributed by atoms with Crippen molar-refractivity contribution in [1.29, 1.82) is 0 Å². The Morgan fingerprint density at radius 1 is 1.08 bits per heavy atom. The summed E-state index contributed by atoms with van der Waals surface area (Å²) in [6, 6.07) is 15.5. The average Bonchev–Trinajstić information content (AvgIpc) is 2.61. The molecule has 0 radical (unpaired) electrons. The molecule has 0 aliphatic rings. The van der Waals surface area contributed by atoms with Crippen molar-refractivity contribution < 1.29 is 17.4 Å².